The summed E-state index contributed by atoms with van der Waals surface area (Å²) in [6.45, 7) is 0. The molecule has 0 saturated heterocycles. The van der Waals surface area contributed by atoms with E-state index in [9.17, 15) is 9.90 Å². The Bertz CT molecular complexity index is 1150. The van der Waals surface area contributed by atoms with Gasteiger partial charge in [-0.2, -0.15) is 5.10 Å². The fourth-order valence-corrected chi connectivity index (χ4v) is 3.55. The molecular formula is C23H17N3O2S. The van der Waals surface area contributed by atoms with Crippen molar-refractivity contribution in [3.63, 3.8) is 0 Å². The third kappa shape index (κ3) is 4.39. The average molecular weight is 399 g/mol. The van der Waals surface area contributed by atoms with Crippen molar-refractivity contribution in [2.45, 2.75) is 0 Å². The number of carboxylic acid groups (broad SMARTS) is 1. The first-order valence-corrected chi connectivity index (χ1v) is 9.81. The molecule has 2 N–H and O–H groups in total. The lowest BCUT2D eigenvalue weighted by Crippen LogP contribution is -2.02. The summed E-state index contributed by atoms with van der Waals surface area (Å²) in [4.78, 5) is 15.8. The maximum absolute atomic E-state index is 11.2. The number of hydrogen-bond donors (Lipinski definition) is 2. The van der Waals surface area contributed by atoms with Crippen LogP contribution in [0.15, 0.2) is 89.3 Å². The van der Waals surface area contributed by atoms with Gasteiger partial charge >= 0.3 is 5.97 Å². The predicted octanol–water partition coefficient (Wildman–Crippen LogP) is 5.62. The smallest absolute Gasteiger partial charge is 0.336 e. The van der Waals surface area contributed by atoms with Crippen molar-refractivity contribution in [3.8, 4) is 22.4 Å². The van der Waals surface area contributed by atoms with Gasteiger partial charge < -0.3 is 5.11 Å². The zero-order valence-corrected chi connectivity index (χ0v) is 16.1. The highest BCUT2D eigenvalue weighted by Gasteiger charge is 2.07. The molecule has 0 saturated carbocycles. The van der Waals surface area contributed by atoms with Crippen LogP contribution in [0.4, 0.5) is 5.13 Å². The number of hydrogen-bond acceptors (Lipinski definition) is 5. The summed E-state index contributed by atoms with van der Waals surface area (Å²) in [6, 6.07) is 25.2. The minimum Gasteiger partial charge on any atom is -0.478 e. The number of nitrogens with zero attached hydrogens (tertiary/aromatic N) is 2. The Morgan fingerprint density at radius 2 is 1.55 bits per heavy atom. The minimum absolute atomic E-state index is 0.205. The van der Waals surface area contributed by atoms with Gasteiger partial charge in [0.2, 0.25) is 5.13 Å². The first kappa shape index (κ1) is 18.6. The summed E-state index contributed by atoms with van der Waals surface area (Å²) in [7, 11) is 0. The third-order valence-corrected chi connectivity index (χ3v) is 5.09. The van der Waals surface area contributed by atoms with Gasteiger partial charge in [-0.3, -0.25) is 5.43 Å². The number of nitrogens with one attached hydrogen (secondary N) is 1. The number of benzene rings is 3. The lowest BCUT2D eigenvalue weighted by atomic mass is 10.0. The molecule has 1 aromatic heterocycles. The van der Waals surface area contributed by atoms with Gasteiger partial charge in [0.05, 0.1) is 17.5 Å². The molecule has 0 aliphatic heterocycles. The van der Waals surface area contributed by atoms with Crippen LogP contribution in [0.5, 0.6) is 0 Å². The van der Waals surface area contributed by atoms with Gasteiger partial charge in [-0.1, -0.05) is 72.8 Å². The molecule has 0 fully saturated rings. The van der Waals surface area contributed by atoms with Crippen LogP contribution >= 0.6 is 11.3 Å². The SMILES string of the molecule is O=C(O)c1ccccc1/C=N/Nc1nc(-c2ccc(-c3ccccc3)cc2)cs1. The van der Waals surface area contributed by atoms with E-state index in [1.807, 2.05) is 35.7 Å². The number of hydrazone groups is 1. The van der Waals surface area contributed by atoms with Crippen molar-refractivity contribution in [3.05, 3.63) is 95.4 Å². The molecule has 0 aliphatic rings. The molecule has 5 nitrogen and oxygen atoms in total. The number of carboxylic acids is 1. The Morgan fingerprint density at radius 3 is 2.31 bits per heavy atom. The minimum atomic E-state index is -0.984. The third-order valence-electron chi connectivity index (χ3n) is 4.35. The van der Waals surface area contributed by atoms with Crippen LogP contribution in [-0.2, 0) is 0 Å². The second-order valence-electron chi connectivity index (χ2n) is 6.24. The second kappa shape index (κ2) is 8.50. The quantitative estimate of drug-likeness (QED) is 0.326. The Balaban J connectivity index is 1.46. The maximum atomic E-state index is 11.2. The predicted molar refractivity (Wildman–Crippen MR) is 118 cm³/mol. The molecule has 0 spiro atoms. The summed E-state index contributed by atoms with van der Waals surface area (Å²) in [5.74, 6) is -0.984. The summed E-state index contributed by atoms with van der Waals surface area (Å²) >= 11 is 1.44. The molecule has 0 atom stereocenters. The van der Waals surface area contributed by atoms with E-state index in [1.165, 1.54) is 23.1 Å². The van der Waals surface area contributed by atoms with Crippen LogP contribution in [0.1, 0.15) is 15.9 Å². The molecule has 0 amide bonds. The van der Waals surface area contributed by atoms with Crippen molar-refractivity contribution >= 4 is 28.7 Å². The molecule has 0 unspecified atom stereocenters. The molecule has 142 valence electrons. The summed E-state index contributed by atoms with van der Waals surface area (Å²) < 4.78 is 0. The number of carbonyl (C=O) groups is 1. The zero-order chi connectivity index (χ0) is 20.1. The van der Waals surface area contributed by atoms with E-state index < -0.39 is 5.97 Å². The number of rotatable bonds is 6. The van der Waals surface area contributed by atoms with Crippen molar-refractivity contribution in [2.75, 3.05) is 5.43 Å². The van der Waals surface area contributed by atoms with Gasteiger partial charge in [0.1, 0.15) is 0 Å². The van der Waals surface area contributed by atoms with E-state index in [0.717, 1.165) is 16.8 Å². The number of aromatic carboxylic acids is 1. The molecule has 0 radical (unpaired) electrons. The second-order valence-corrected chi connectivity index (χ2v) is 7.10. The van der Waals surface area contributed by atoms with E-state index in [4.69, 9.17) is 0 Å². The van der Waals surface area contributed by atoms with Gasteiger partial charge in [-0.05, 0) is 17.2 Å². The van der Waals surface area contributed by atoms with Crippen LogP contribution in [-0.4, -0.2) is 22.3 Å². The van der Waals surface area contributed by atoms with Crippen LogP contribution in [0.25, 0.3) is 22.4 Å². The summed E-state index contributed by atoms with van der Waals surface area (Å²) in [5.41, 5.74) is 7.82. The fraction of sp³-hybridized carbons (Fsp3) is 0. The van der Waals surface area contributed by atoms with Gasteiger partial charge in [-0.25, -0.2) is 9.78 Å². The summed E-state index contributed by atoms with van der Waals surface area (Å²) in [5, 5.41) is 15.9. The van der Waals surface area contributed by atoms with E-state index >= 15 is 0 Å². The molecule has 3 aromatic carbocycles. The van der Waals surface area contributed by atoms with E-state index in [1.54, 1.807) is 24.3 Å². The van der Waals surface area contributed by atoms with Crippen molar-refractivity contribution in [1.82, 2.24) is 4.98 Å². The van der Waals surface area contributed by atoms with Crippen molar-refractivity contribution < 1.29 is 9.90 Å². The highest BCUT2D eigenvalue weighted by Crippen LogP contribution is 2.27. The standard InChI is InChI=1S/C23H17N3O2S/c27-22(28)20-9-5-4-8-19(20)14-24-26-23-25-21(15-29-23)18-12-10-17(11-13-18)16-6-2-1-3-7-16/h1-15H,(H,25,26)(H,27,28)/b24-14+. The first-order chi connectivity index (χ1) is 14.2. The molecule has 1 heterocycles. The number of aromatic nitrogens is 1. The Kier molecular flexibility index (Phi) is 5.45. The number of anilines is 1. The van der Waals surface area contributed by atoms with Crippen LogP contribution in [0, 0.1) is 0 Å². The molecule has 0 aliphatic carbocycles. The first-order valence-electron chi connectivity index (χ1n) is 8.93. The van der Waals surface area contributed by atoms with Crippen LogP contribution < -0.4 is 5.43 Å². The summed E-state index contributed by atoms with van der Waals surface area (Å²) in [6.07, 6.45) is 1.49. The van der Waals surface area contributed by atoms with Crippen LogP contribution in [0.3, 0.4) is 0 Å². The van der Waals surface area contributed by atoms with E-state index in [2.05, 4.69) is 39.8 Å². The van der Waals surface area contributed by atoms with E-state index in [0.29, 0.717) is 10.7 Å². The molecular weight excluding hydrogens is 382 g/mol. The molecule has 4 aromatic rings. The lowest BCUT2D eigenvalue weighted by Gasteiger charge is -2.02. The van der Waals surface area contributed by atoms with Crippen molar-refractivity contribution in [2.24, 2.45) is 5.10 Å². The van der Waals surface area contributed by atoms with Gasteiger partial charge in [-0.15, -0.1) is 11.3 Å². The molecule has 0 bridgehead atoms. The largest absolute Gasteiger partial charge is 0.478 e. The molecule has 4 rings (SSSR count). The van der Waals surface area contributed by atoms with Gasteiger partial charge in [0.25, 0.3) is 0 Å². The van der Waals surface area contributed by atoms with Crippen molar-refractivity contribution in [1.29, 1.82) is 0 Å². The maximum Gasteiger partial charge on any atom is 0.336 e. The van der Waals surface area contributed by atoms with Gasteiger partial charge in [0.15, 0.2) is 0 Å². The highest BCUT2D eigenvalue weighted by atomic mass is 32.1. The molecule has 6 heteroatoms. The lowest BCUT2D eigenvalue weighted by molar-refractivity contribution is 0.0697. The fourth-order valence-electron chi connectivity index (χ4n) is 2.88. The highest BCUT2D eigenvalue weighted by molar-refractivity contribution is 7.14. The topological polar surface area (TPSA) is 74.6 Å². The monoisotopic (exact) mass is 399 g/mol. The Hall–Kier alpha value is -3.77. The van der Waals surface area contributed by atoms with Crippen LogP contribution in [0.2, 0.25) is 0 Å². The molecule has 29 heavy (non-hydrogen) atoms. The van der Waals surface area contributed by atoms with E-state index in [-0.39, 0.29) is 5.56 Å². The normalized spacial score (nSPS) is 10.9. The Morgan fingerprint density at radius 1 is 0.897 bits per heavy atom. The zero-order valence-electron chi connectivity index (χ0n) is 15.3. The van der Waals surface area contributed by atoms with Gasteiger partial charge in [0, 0.05) is 16.5 Å². The average Bonchev–Trinajstić information content (AvgIpc) is 3.24. The Labute approximate surface area is 172 Å². The number of thiazole rings is 1.